The van der Waals surface area contributed by atoms with Crippen molar-refractivity contribution in [3.8, 4) is 5.75 Å². The molecule has 1 heterocycles. The van der Waals surface area contributed by atoms with E-state index in [4.69, 9.17) is 9.15 Å². The van der Waals surface area contributed by atoms with Gasteiger partial charge in [0.1, 0.15) is 23.9 Å². The first-order chi connectivity index (χ1) is 11.8. The lowest BCUT2D eigenvalue weighted by Crippen LogP contribution is -2.37. The number of benzene rings is 1. The van der Waals surface area contributed by atoms with Crippen LogP contribution in [0.25, 0.3) is 0 Å². The second-order valence-electron chi connectivity index (χ2n) is 5.21. The molecule has 0 bridgehead atoms. The van der Waals surface area contributed by atoms with E-state index in [0.717, 1.165) is 37.7 Å². The zero-order chi connectivity index (χ0) is 17.0. The van der Waals surface area contributed by atoms with Gasteiger partial charge in [-0.2, -0.15) is 0 Å². The van der Waals surface area contributed by atoms with Crippen LogP contribution in [0.2, 0.25) is 0 Å². The molecule has 0 aliphatic rings. The highest BCUT2D eigenvalue weighted by Crippen LogP contribution is 2.11. The summed E-state index contributed by atoms with van der Waals surface area (Å²) < 4.78 is 23.6. The molecule has 0 spiro atoms. The first-order valence-electron chi connectivity index (χ1n) is 8.21. The number of aliphatic imine (C=N–C) groups is 1. The molecule has 7 heteroatoms. The Kier molecular flexibility index (Phi) is 10.7. The Hall–Kier alpha value is -1.77. The van der Waals surface area contributed by atoms with E-state index in [-0.39, 0.29) is 29.8 Å². The fraction of sp³-hybridized carbons (Fsp3) is 0.389. The number of nitrogens with zero attached hydrogens (tertiary/aromatic N) is 1. The molecule has 0 unspecified atom stereocenters. The Balaban J connectivity index is 0.00000312. The SMILES string of the molecule is CCNC(=NCc1ccco1)NCCCCOc1ccc(F)cc1.I. The second kappa shape index (κ2) is 12.6. The van der Waals surface area contributed by atoms with Gasteiger partial charge in [0.15, 0.2) is 5.96 Å². The molecule has 5 nitrogen and oxygen atoms in total. The molecule has 1 aromatic carbocycles. The predicted octanol–water partition coefficient (Wildman–Crippen LogP) is 3.95. The third-order valence-electron chi connectivity index (χ3n) is 3.26. The Morgan fingerprint density at radius 1 is 1.16 bits per heavy atom. The van der Waals surface area contributed by atoms with Crippen LogP contribution in [-0.4, -0.2) is 25.7 Å². The van der Waals surface area contributed by atoms with E-state index in [1.807, 2.05) is 19.1 Å². The number of unbranched alkanes of at least 4 members (excludes halogenated alkanes) is 1. The Morgan fingerprint density at radius 2 is 1.96 bits per heavy atom. The fourth-order valence-electron chi connectivity index (χ4n) is 2.06. The average molecular weight is 461 g/mol. The molecule has 0 radical (unpaired) electrons. The number of furan rings is 1. The number of rotatable bonds is 9. The number of halogens is 2. The van der Waals surface area contributed by atoms with E-state index in [1.165, 1.54) is 12.1 Å². The van der Waals surface area contributed by atoms with Gasteiger partial charge in [0, 0.05) is 13.1 Å². The molecule has 0 amide bonds. The maximum absolute atomic E-state index is 12.8. The summed E-state index contributed by atoms with van der Waals surface area (Å²) in [6, 6.07) is 9.83. The summed E-state index contributed by atoms with van der Waals surface area (Å²) >= 11 is 0. The van der Waals surface area contributed by atoms with Gasteiger partial charge >= 0.3 is 0 Å². The van der Waals surface area contributed by atoms with Crippen LogP contribution >= 0.6 is 24.0 Å². The van der Waals surface area contributed by atoms with E-state index in [9.17, 15) is 4.39 Å². The van der Waals surface area contributed by atoms with Crippen molar-refractivity contribution >= 4 is 29.9 Å². The minimum atomic E-state index is -0.253. The molecular weight excluding hydrogens is 436 g/mol. The lowest BCUT2D eigenvalue weighted by molar-refractivity contribution is 0.306. The van der Waals surface area contributed by atoms with Gasteiger partial charge in [0.25, 0.3) is 0 Å². The third kappa shape index (κ3) is 8.76. The third-order valence-corrected chi connectivity index (χ3v) is 3.26. The number of ether oxygens (including phenoxy) is 1. The molecule has 0 saturated heterocycles. The van der Waals surface area contributed by atoms with Gasteiger partial charge in [-0.1, -0.05) is 0 Å². The van der Waals surface area contributed by atoms with Crippen molar-refractivity contribution in [3.63, 3.8) is 0 Å². The molecule has 25 heavy (non-hydrogen) atoms. The second-order valence-corrected chi connectivity index (χ2v) is 5.21. The summed E-state index contributed by atoms with van der Waals surface area (Å²) in [5, 5.41) is 6.48. The molecule has 0 saturated carbocycles. The number of hydrogen-bond donors (Lipinski definition) is 2. The van der Waals surface area contributed by atoms with E-state index in [2.05, 4.69) is 15.6 Å². The zero-order valence-corrected chi connectivity index (χ0v) is 16.7. The molecule has 1 aromatic heterocycles. The quantitative estimate of drug-likeness (QED) is 0.257. The number of hydrogen-bond acceptors (Lipinski definition) is 3. The maximum Gasteiger partial charge on any atom is 0.191 e. The highest BCUT2D eigenvalue weighted by molar-refractivity contribution is 14.0. The van der Waals surface area contributed by atoms with Crippen molar-refractivity contribution in [2.24, 2.45) is 4.99 Å². The minimum absolute atomic E-state index is 0. The largest absolute Gasteiger partial charge is 0.494 e. The van der Waals surface area contributed by atoms with Gasteiger partial charge in [-0.05, 0) is 56.2 Å². The summed E-state index contributed by atoms with van der Waals surface area (Å²) in [5.74, 6) is 2.04. The van der Waals surface area contributed by atoms with Crippen molar-refractivity contribution < 1.29 is 13.5 Å². The summed E-state index contributed by atoms with van der Waals surface area (Å²) in [4.78, 5) is 4.46. The molecule has 0 atom stereocenters. The van der Waals surface area contributed by atoms with Crippen LogP contribution in [0.5, 0.6) is 5.75 Å². The topological polar surface area (TPSA) is 58.8 Å². The highest BCUT2D eigenvalue weighted by atomic mass is 127. The van der Waals surface area contributed by atoms with Gasteiger partial charge in [0.2, 0.25) is 0 Å². The lowest BCUT2D eigenvalue weighted by atomic mass is 10.3. The van der Waals surface area contributed by atoms with Crippen LogP contribution in [0.3, 0.4) is 0 Å². The monoisotopic (exact) mass is 461 g/mol. The van der Waals surface area contributed by atoms with Gasteiger partial charge in [-0.15, -0.1) is 24.0 Å². The molecule has 0 aliphatic heterocycles. The maximum atomic E-state index is 12.8. The van der Waals surface area contributed by atoms with Gasteiger partial charge < -0.3 is 19.8 Å². The summed E-state index contributed by atoms with van der Waals surface area (Å²) in [6.07, 6.45) is 3.50. The average Bonchev–Trinajstić information content (AvgIpc) is 3.11. The summed E-state index contributed by atoms with van der Waals surface area (Å²) in [6.45, 7) is 4.75. The van der Waals surface area contributed by atoms with Crippen molar-refractivity contribution in [2.75, 3.05) is 19.7 Å². The molecular formula is C18H25FIN3O2. The molecule has 2 rings (SSSR count). The minimum Gasteiger partial charge on any atom is -0.494 e. The lowest BCUT2D eigenvalue weighted by Gasteiger charge is -2.11. The van der Waals surface area contributed by atoms with Crippen LogP contribution in [0.1, 0.15) is 25.5 Å². The van der Waals surface area contributed by atoms with Crippen LogP contribution < -0.4 is 15.4 Å². The summed E-state index contributed by atoms with van der Waals surface area (Å²) in [7, 11) is 0. The first-order valence-corrected chi connectivity index (χ1v) is 8.21. The van der Waals surface area contributed by atoms with E-state index >= 15 is 0 Å². The van der Waals surface area contributed by atoms with Crippen molar-refractivity contribution in [3.05, 3.63) is 54.2 Å². The normalized spacial score (nSPS) is 10.9. The van der Waals surface area contributed by atoms with Gasteiger partial charge in [-0.3, -0.25) is 0 Å². The number of nitrogens with one attached hydrogen (secondary N) is 2. The Morgan fingerprint density at radius 3 is 2.64 bits per heavy atom. The number of guanidine groups is 1. The van der Waals surface area contributed by atoms with Crippen LogP contribution in [-0.2, 0) is 6.54 Å². The molecule has 0 fully saturated rings. The van der Waals surface area contributed by atoms with Crippen LogP contribution in [0.4, 0.5) is 4.39 Å². The Bertz CT molecular complexity index is 603. The molecule has 138 valence electrons. The van der Waals surface area contributed by atoms with Crippen LogP contribution in [0, 0.1) is 5.82 Å². The molecule has 0 aliphatic carbocycles. The first kappa shape index (κ1) is 21.3. The fourth-order valence-corrected chi connectivity index (χ4v) is 2.06. The van der Waals surface area contributed by atoms with Crippen molar-refractivity contribution in [2.45, 2.75) is 26.3 Å². The van der Waals surface area contributed by atoms with Gasteiger partial charge in [0.05, 0.1) is 12.9 Å². The van der Waals surface area contributed by atoms with Crippen molar-refractivity contribution in [1.82, 2.24) is 10.6 Å². The smallest absolute Gasteiger partial charge is 0.191 e. The van der Waals surface area contributed by atoms with Crippen molar-refractivity contribution in [1.29, 1.82) is 0 Å². The predicted molar refractivity (Wildman–Crippen MR) is 108 cm³/mol. The molecule has 2 aromatic rings. The van der Waals surface area contributed by atoms with Crippen LogP contribution in [0.15, 0.2) is 52.1 Å². The standard InChI is InChI=1S/C18H24FN3O2.HI/c1-2-20-18(22-14-17-6-5-13-24-17)21-11-3-4-12-23-16-9-7-15(19)8-10-16;/h5-10,13H,2-4,11-12,14H2,1H3,(H2,20,21,22);1H. The van der Waals surface area contributed by atoms with E-state index in [0.29, 0.717) is 18.9 Å². The summed E-state index contributed by atoms with van der Waals surface area (Å²) in [5.41, 5.74) is 0. The molecule has 2 N–H and O–H groups in total. The van der Waals surface area contributed by atoms with Gasteiger partial charge in [-0.25, -0.2) is 9.38 Å². The zero-order valence-electron chi connectivity index (χ0n) is 14.3. The highest BCUT2D eigenvalue weighted by Gasteiger charge is 1.99. The Labute approximate surface area is 165 Å². The van der Waals surface area contributed by atoms with E-state index < -0.39 is 0 Å². The van der Waals surface area contributed by atoms with E-state index in [1.54, 1.807) is 18.4 Å².